The van der Waals surface area contributed by atoms with Gasteiger partial charge in [-0.05, 0) is 31.3 Å². The number of amides is 1. The van der Waals surface area contributed by atoms with Crippen molar-refractivity contribution in [1.82, 2.24) is 15.5 Å². The normalized spacial score (nSPS) is 17.7. The number of H-pyrrole nitrogens is 1. The molecule has 1 aromatic heterocycles. The Morgan fingerprint density at radius 1 is 1.60 bits per heavy atom. The van der Waals surface area contributed by atoms with Crippen molar-refractivity contribution in [3.63, 3.8) is 0 Å². The lowest BCUT2D eigenvalue weighted by molar-refractivity contribution is 0.0934. The van der Waals surface area contributed by atoms with E-state index in [0.717, 1.165) is 30.0 Å². The lowest BCUT2D eigenvalue weighted by Gasteiger charge is -2.22. The summed E-state index contributed by atoms with van der Waals surface area (Å²) in [6.07, 6.45) is 3.74. The quantitative estimate of drug-likeness (QED) is 0.798. The second-order valence-corrected chi connectivity index (χ2v) is 4.99. The molecule has 0 saturated carbocycles. The molecule has 2 N–H and O–H groups in total. The van der Waals surface area contributed by atoms with Gasteiger partial charge in [0.05, 0.1) is 11.8 Å². The van der Waals surface area contributed by atoms with E-state index in [0.29, 0.717) is 11.6 Å². The molecule has 0 spiro atoms. The van der Waals surface area contributed by atoms with Gasteiger partial charge in [-0.1, -0.05) is 0 Å². The van der Waals surface area contributed by atoms with Crippen molar-refractivity contribution in [2.24, 2.45) is 0 Å². The monoisotopic (exact) mass is 225 g/mol. The van der Waals surface area contributed by atoms with Gasteiger partial charge in [0.15, 0.2) is 0 Å². The van der Waals surface area contributed by atoms with Gasteiger partial charge in [0.1, 0.15) is 0 Å². The summed E-state index contributed by atoms with van der Waals surface area (Å²) in [7, 11) is 0. The van der Waals surface area contributed by atoms with E-state index < -0.39 is 0 Å². The van der Waals surface area contributed by atoms with Crippen LogP contribution in [-0.2, 0) is 0 Å². The van der Waals surface area contributed by atoms with Crippen LogP contribution >= 0.6 is 11.8 Å². The van der Waals surface area contributed by atoms with Crippen molar-refractivity contribution in [2.75, 3.05) is 11.5 Å². The number of aromatic nitrogens is 2. The number of carbonyl (C=O) groups excluding carboxylic acids is 1. The SMILES string of the molecule is Cc1[nH]ncc1C(=O)NC1CCSCC1. The van der Waals surface area contributed by atoms with Crippen LogP contribution in [0.1, 0.15) is 28.9 Å². The van der Waals surface area contributed by atoms with Gasteiger partial charge in [-0.25, -0.2) is 0 Å². The molecule has 1 aromatic rings. The highest BCUT2D eigenvalue weighted by atomic mass is 32.2. The summed E-state index contributed by atoms with van der Waals surface area (Å²) in [6.45, 7) is 1.86. The zero-order chi connectivity index (χ0) is 10.7. The average molecular weight is 225 g/mol. The summed E-state index contributed by atoms with van der Waals surface area (Å²) in [5, 5.41) is 9.67. The molecule has 1 saturated heterocycles. The highest BCUT2D eigenvalue weighted by Gasteiger charge is 2.18. The second-order valence-electron chi connectivity index (χ2n) is 3.77. The lowest BCUT2D eigenvalue weighted by atomic mass is 10.1. The van der Waals surface area contributed by atoms with Crippen LogP contribution in [0.25, 0.3) is 0 Å². The highest BCUT2D eigenvalue weighted by molar-refractivity contribution is 7.99. The van der Waals surface area contributed by atoms with Crippen LogP contribution in [0.4, 0.5) is 0 Å². The summed E-state index contributed by atoms with van der Waals surface area (Å²) in [5.74, 6) is 2.29. The van der Waals surface area contributed by atoms with E-state index in [2.05, 4.69) is 15.5 Å². The molecule has 1 amide bonds. The van der Waals surface area contributed by atoms with Crippen molar-refractivity contribution in [2.45, 2.75) is 25.8 Å². The molecule has 0 radical (unpaired) electrons. The number of hydrogen-bond acceptors (Lipinski definition) is 3. The maximum Gasteiger partial charge on any atom is 0.254 e. The van der Waals surface area contributed by atoms with Gasteiger partial charge in [-0.2, -0.15) is 16.9 Å². The number of hydrogen-bond donors (Lipinski definition) is 2. The number of thioether (sulfide) groups is 1. The fourth-order valence-corrected chi connectivity index (χ4v) is 2.79. The standard InChI is InChI=1S/C10H15N3OS/c1-7-9(6-11-13-7)10(14)12-8-2-4-15-5-3-8/h6,8H,2-5H2,1H3,(H,11,13)(H,12,14). The van der Waals surface area contributed by atoms with E-state index in [1.165, 1.54) is 0 Å². The number of aromatic amines is 1. The third-order valence-electron chi connectivity index (χ3n) is 2.63. The third kappa shape index (κ3) is 2.53. The fourth-order valence-electron chi connectivity index (χ4n) is 1.68. The maximum atomic E-state index is 11.8. The summed E-state index contributed by atoms with van der Waals surface area (Å²) >= 11 is 1.96. The van der Waals surface area contributed by atoms with Crippen molar-refractivity contribution in [3.05, 3.63) is 17.5 Å². The largest absolute Gasteiger partial charge is 0.349 e. The van der Waals surface area contributed by atoms with E-state index in [1.807, 2.05) is 18.7 Å². The average Bonchev–Trinajstić information content (AvgIpc) is 2.66. The van der Waals surface area contributed by atoms with Crippen molar-refractivity contribution in [1.29, 1.82) is 0 Å². The van der Waals surface area contributed by atoms with Crippen LogP contribution in [0.15, 0.2) is 6.20 Å². The molecule has 1 aliphatic rings. The van der Waals surface area contributed by atoms with Gasteiger partial charge in [0.25, 0.3) is 5.91 Å². The number of nitrogens with zero attached hydrogens (tertiary/aromatic N) is 1. The summed E-state index contributed by atoms with van der Waals surface area (Å²) in [5.41, 5.74) is 1.49. The Balaban J connectivity index is 1.94. The predicted octanol–water partition coefficient (Wildman–Crippen LogP) is 1.34. The number of aryl methyl sites for hydroxylation is 1. The molecule has 2 heterocycles. The first-order chi connectivity index (χ1) is 7.27. The molecule has 0 aliphatic carbocycles. The van der Waals surface area contributed by atoms with Gasteiger partial charge in [-0.15, -0.1) is 0 Å². The zero-order valence-corrected chi connectivity index (χ0v) is 9.56. The van der Waals surface area contributed by atoms with E-state index >= 15 is 0 Å². The molecule has 2 rings (SSSR count). The molecular formula is C10H15N3OS. The fraction of sp³-hybridized carbons (Fsp3) is 0.600. The molecule has 15 heavy (non-hydrogen) atoms. The van der Waals surface area contributed by atoms with E-state index in [-0.39, 0.29) is 5.91 Å². The van der Waals surface area contributed by atoms with Crippen LogP contribution in [0.5, 0.6) is 0 Å². The van der Waals surface area contributed by atoms with Gasteiger partial charge < -0.3 is 5.32 Å². The third-order valence-corrected chi connectivity index (χ3v) is 3.68. The Hall–Kier alpha value is -0.970. The Labute approximate surface area is 93.2 Å². The van der Waals surface area contributed by atoms with Gasteiger partial charge in [-0.3, -0.25) is 9.89 Å². The molecule has 1 aliphatic heterocycles. The Bertz CT molecular complexity index is 344. The zero-order valence-electron chi connectivity index (χ0n) is 8.75. The van der Waals surface area contributed by atoms with E-state index in [9.17, 15) is 4.79 Å². The molecule has 0 aromatic carbocycles. The van der Waals surface area contributed by atoms with Crippen molar-refractivity contribution < 1.29 is 4.79 Å². The van der Waals surface area contributed by atoms with Crippen LogP contribution in [0, 0.1) is 6.92 Å². The number of rotatable bonds is 2. The lowest BCUT2D eigenvalue weighted by Crippen LogP contribution is -2.37. The van der Waals surface area contributed by atoms with Crippen LogP contribution < -0.4 is 5.32 Å². The predicted molar refractivity (Wildman–Crippen MR) is 61.1 cm³/mol. The van der Waals surface area contributed by atoms with Crippen LogP contribution in [-0.4, -0.2) is 33.7 Å². The molecule has 0 bridgehead atoms. The van der Waals surface area contributed by atoms with Gasteiger partial charge in [0.2, 0.25) is 0 Å². The van der Waals surface area contributed by atoms with E-state index in [1.54, 1.807) is 6.20 Å². The van der Waals surface area contributed by atoms with Gasteiger partial charge in [0, 0.05) is 11.7 Å². The minimum absolute atomic E-state index is 0.00171. The highest BCUT2D eigenvalue weighted by Crippen LogP contribution is 2.17. The van der Waals surface area contributed by atoms with E-state index in [4.69, 9.17) is 0 Å². The second kappa shape index (κ2) is 4.70. The smallest absolute Gasteiger partial charge is 0.254 e. The Morgan fingerprint density at radius 2 is 2.33 bits per heavy atom. The van der Waals surface area contributed by atoms with Crippen LogP contribution in [0.2, 0.25) is 0 Å². The first-order valence-electron chi connectivity index (χ1n) is 5.16. The van der Waals surface area contributed by atoms with Gasteiger partial charge >= 0.3 is 0 Å². The molecular weight excluding hydrogens is 210 g/mol. The maximum absolute atomic E-state index is 11.8. The first kappa shape index (κ1) is 10.5. The molecule has 1 fully saturated rings. The molecule has 0 atom stereocenters. The topological polar surface area (TPSA) is 57.8 Å². The number of carbonyl (C=O) groups is 1. The van der Waals surface area contributed by atoms with Crippen molar-refractivity contribution >= 4 is 17.7 Å². The molecule has 82 valence electrons. The summed E-state index contributed by atoms with van der Waals surface area (Å²) in [6, 6.07) is 0.341. The molecule has 4 nitrogen and oxygen atoms in total. The summed E-state index contributed by atoms with van der Waals surface area (Å²) in [4.78, 5) is 11.8. The van der Waals surface area contributed by atoms with Crippen LogP contribution in [0.3, 0.4) is 0 Å². The molecule has 5 heteroatoms. The Kier molecular flexibility index (Phi) is 3.30. The first-order valence-corrected chi connectivity index (χ1v) is 6.31. The minimum atomic E-state index is -0.00171. The van der Waals surface area contributed by atoms with Crippen molar-refractivity contribution in [3.8, 4) is 0 Å². The Morgan fingerprint density at radius 3 is 2.93 bits per heavy atom. The summed E-state index contributed by atoms with van der Waals surface area (Å²) < 4.78 is 0. The number of nitrogens with one attached hydrogen (secondary N) is 2. The minimum Gasteiger partial charge on any atom is -0.349 e. The molecule has 0 unspecified atom stereocenters.